The molecule has 0 saturated heterocycles. The Morgan fingerprint density at radius 2 is 2.00 bits per heavy atom. The van der Waals surface area contributed by atoms with Crippen molar-refractivity contribution in [1.82, 2.24) is 10.3 Å². The van der Waals surface area contributed by atoms with Crippen LogP contribution in [-0.4, -0.2) is 50.2 Å². The first kappa shape index (κ1) is 25.6. The first-order valence-electron chi connectivity index (χ1n) is 10.8. The predicted octanol–water partition coefficient (Wildman–Crippen LogP) is 3.97. The zero-order chi connectivity index (χ0) is 24.2. The Bertz CT molecular complexity index is 1130. The number of aromatic nitrogens is 1. The number of ether oxygens (including phenoxy) is 1. The van der Waals surface area contributed by atoms with Crippen LogP contribution in [0.15, 0.2) is 23.1 Å². The highest BCUT2D eigenvalue weighted by Gasteiger charge is 2.23. The first-order chi connectivity index (χ1) is 15.5. The van der Waals surface area contributed by atoms with Crippen LogP contribution in [0.25, 0.3) is 10.4 Å². The summed E-state index contributed by atoms with van der Waals surface area (Å²) in [5, 5.41) is 6.35. The van der Waals surface area contributed by atoms with Gasteiger partial charge in [0.1, 0.15) is 12.1 Å². The van der Waals surface area contributed by atoms with Gasteiger partial charge in [0, 0.05) is 19.2 Å². The molecular weight excluding hydrogens is 486 g/mol. The third-order valence-electron chi connectivity index (χ3n) is 5.38. The van der Waals surface area contributed by atoms with E-state index in [4.69, 9.17) is 16.3 Å². The molecule has 1 atom stereocenters. The van der Waals surface area contributed by atoms with Crippen LogP contribution in [-0.2, 0) is 24.2 Å². The molecule has 2 N–H and O–H groups in total. The number of amides is 1. The fourth-order valence-electron chi connectivity index (χ4n) is 3.59. The Balaban J connectivity index is 1.54. The Morgan fingerprint density at radius 1 is 1.30 bits per heavy atom. The van der Waals surface area contributed by atoms with Gasteiger partial charge >= 0.3 is 5.97 Å². The van der Waals surface area contributed by atoms with Crippen LogP contribution in [0.1, 0.15) is 44.7 Å². The molecule has 1 aliphatic rings. The molecule has 2 aromatic rings. The summed E-state index contributed by atoms with van der Waals surface area (Å²) in [5.74, 6) is -0.536. The second kappa shape index (κ2) is 10.9. The van der Waals surface area contributed by atoms with E-state index in [0.717, 1.165) is 36.8 Å². The van der Waals surface area contributed by atoms with E-state index in [-0.39, 0.29) is 34.3 Å². The molecule has 1 aliphatic carbocycles. The lowest BCUT2D eigenvalue weighted by molar-refractivity contribution is -0.150. The standard InChI is InChI=1S/C22H28ClN3O5S2/c1-13-20(15-8-9-17(23)18(12-15)33(3,29)30)32-22(25-13)26-19(27)10-11-24-14(2)21(28)31-16-6-4-5-7-16/h8-9,12,14,16,24H,4-7,10-11H2,1-3H3,(H,25,26,27)/t14-/m0/s1. The Hall–Kier alpha value is -2.01. The number of halogens is 1. The lowest BCUT2D eigenvalue weighted by Gasteiger charge is -2.16. The Labute approximate surface area is 203 Å². The summed E-state index contributed by atoms with van der Waals surface area (Å²) in [7, 11) is -3.48. The number of esters is 1. The van der Waals surface area contributed by atoms with Crippen LogP contribution in [0.5, 0.6) is 0 Å². The molecule has 0 bridgehead atoms. The molecule has 1 aromatic heterocycles. The minimum Gasteiger partial charge on any atom is -0.461 e. The summed E-state index contributed by atoms with van der Waals surface area (Å²) in [5.41, 5.74) is 1.32. The molecular formula is C22H28ClN3O5S2. The largest absolute Gasteiger partial charge is 0.461 e. The van der Waals surface area contributed by atoms with Crippen LogP contribution >= 0.6 is 22.9 Å². The van der Waals surface area contributed by atoms with Gasteiger partial charge in [-0.1, -0.05) is 29.0 Å². The number of hydrogen-bond donors (Lipinski definition) is 2. The number of nitrogens with one attached hydrogen (secondary N) is 2. The van der Waals surface area contributed by atoms with Gasteiger partial charge in [-0.3, -0.25) is 9.59 Å². The summed E-state index contributed by atoms with van der Waals surface area (Å²) in [6.07, 6.45) is 5.30. The number of sulfone groups is 1. The van der Waals surface area contributed by atoms with Crippen LogP contribution < -0.4 is 10.6 Å². The highest BCUT2D eigenvalue weighted by atomic mass is 35.5. The Morgan fingerprint density at radius 3 is 2.67 bits per heavy atom. The van der Waals surface area contributed by atoms with Crippen molar-refractivity contribution < 1.29 is 22.7 Å². The molecule has 33 heavy (non-hydrogen) atoms. The zero-order valence-corrected chi connectivity index (χ0v) is 21.2. The van der Waals surface area contributed by atoms with Gasteiger partial charge in [0.2, 0.25) is 5.91 Å². The van der Waals surface area contributed by atoms with Crippen molar-refractivity contribution >= 4 is 49.8 Å². The van der Waals surface area contributed by atoms with Crippen molar-refractivity contribution in [2.45, 2.75) is 63.0 Å². The molecule has 3 rings (SSSR count). The first-order valence-corrected chi connectivity index (χ1v) is 13.8. The lowest BCUT2D eigenvalue weighted by Crippen LogP contribution is -2.38. The van der Waals surface area contributed by atoms with E-state index in [1.165, 1.54) is 23.5 Å². The summed E-state index contributed by atoms with van der Waals surface area (Å²) >= 11 is 7.28. The third kappa shape index (κ3) is 6.99. The number of nitrogens with zero attached hydrogens (tertiary/aromatic N) is 1. The fraction of sp³-hybridized carbons (Fsp3) is 0.500. The number of thiazole rings is 1. The number of anilines is 1. The van der Waals surface area contributed by atoms with Crippen molar-refractivity contribution in [3.05, 3.63) is 28.9 Å². The van der Waals surface area contributed by atoms with Crippen LogP contribution in [0, 0.1) is 6.92 Å². The summed E-state index contributed by atoms with van der Waals surface area (Å²) < 4.78 is 29.4. The normalized spacial score (nSPS) is 15.4. The minimum atomic E-state index is -3.48. The quantitative estimate of drug-likeness (QED) is 0.487. The summed E-state index contributed by atoms with van der Waals surface area (Å²) in [4.78, 5) is 29.6. The molecule has 0 aliphatic heterocycles. The second-order valence-corrected chi connectivity index (χ2v) is 11.6. The molecule has 0 radical (unpaired) electrons. The van der Waals surface area contributed by atoms with E-state index in [9.17, 15) is 18.0 Å². The average Bonchev–Trinajstić information content (AvgIpc) is 3.36. The molecule has 11 heteroatoms. The van der Waals surface area contributed by atoms with Gasteiger partial charge in [0.05, 0.1) is 20.5 Å². The van der Waals surface area contributed by atoms with E-state index < -0.39 is 15.9 Å². The molecule has 180 valence electrons. The molecule has 1 amide bonds. The fourth-order valence-corrected chi connectivity index (χ4v) is 5.87. The monoisotopic (exact) mass is 513 g/mol. The Kier molecular flexibility index (Phi) is 8.49. The topological polar surface area (TPSA) is 114 Å². The van der Waals surface area contributed by atoms with Crippen molar-refractivity contribution in [3.8, 4) is 10.4 Å². The summed E-state index contributed by atoms with van der Waals surface area (Å²) in [6.45, 7) is 3.83. The molecule has 1 saturated carbocycles. The average molecular weight is 514 g/mol. The summed E-state index contributed by atoms with van der Waals surface area (Å²) in [6, 6.07) is 4.29. The second-order valence-electron chi connectivity index (χ2n) is 8.17. The zero-order valence-electron chi connectivity index (χ0n) is 18.8. The number of carbonyl (C=O) groups is 2. The number of aryl methyl sites for hydroxylation is 1. The number of benzene rings is 1. The van der Waals surface area contributed by atoms with Gasteiger partial charge in [0.15, 0.2) is 15.0 Å². The van der Waals surface area contributed by atoms with Crippen molar-refractivity contribution in [2.75, 3.05) is 18.1 Å². The van der Waals surface area contributed by atoms with Gasteiger partial charge in [-0.25, -0.2) is 13.4 Å². The number of carbonyl (C=O) groups excluding carboxylic acids is 2. The van der Waals surface area contributed by atoms with E-state index in [0.29, 0.717) is 22.9 Å². The van der Waals surface area contributed by atoms with Gasteiger partial charge in [-0.05, 0) is 57.2 Å². The van der Waals surface area contributed by atoms with E-state index in [2.05, 4.69) is 15.6 Å². The lowest BCUT2D eigenvalue weighted by atomic mass is 10.2. The van der Waals surface area contributed by atoms with Crippen LogP contribution in [0.2, 0.25) is 5.02 Å². The maximum Gasteiger partial charge on any atom is 0.323 e. The van der Waals surface area contributed by atoms with E-state index in [1.54, 1.807) is 19.9 Å². The molecule has 0 spiro atoms. The highest BCUT2D eigenvalue weighted by Crippen LogP contribution is 2.35. The van der Waals surface area contributed by atoms with E-state index >= 15 is 0 Å². The van der Waals surface area contributed by atoms with Gasteiger partial charge in [0.25, 0.3) is 0 Å². The highest BCUT2D eigenvalue weighted by molar-refractivity contribution is 7.90. The molecule has 1 aromatic carbocycles. The molecule has 1 fully saturated rings. The van der Waals surface area contributed by atoms with Gasteiger partial charge in [-0.15, -0.1) is 0 Å². The molecule has 8 nitrogen and oxygen atoms in total. The number of rotatable bonds is 9. The molecule has 0 unspecified atom stereocenters. The number of hydrogen-bond acceptors (Lipinski definition) is 8. The van der Waals surface area contributed by atoms with E-state index in [1.807, 2.05) is 0 Å². The van der Waals surface area contributed by atoms with Crippen LogP contribution in [0.4, 0.5) is 5.13 Å². The van der Waals surface area contributed by atoms with Crippen LogP contribution in [0.3, 0.4) is 0 Å². The van der Waals surface area contributed by atoms with Crippen molar-refractivity contribution in [1.29, 1.82) is 0 Å². The smallest absolute Gasteiger partial charge is 0.323 e. The maximum absolute atomic E-state index is 12.3. The van der Waals surface area contributed by atoms with Gasteiger partial charge < -0.3 is 15.4 Å². The third-order valence-corrected chi connectivity index (χ3v) is 8.08. The van der Waals surface area contributed by atoms with Gasteiger partial charge in [-0.2, -0.15) is 0 Å². The molecule has 1 heterocycles. The van der Waals surface area contributed by atoms with Crippen molar-refractivity contribution in [3.63, 3.8) is 0 Å². The predicted molar refractivity (Wildman–Crippen MR) is 129 cm³/mol. The SMILES string of the molecule is Cc1nc(NC(=O)CCN[C@@H](C)C(=O)OC2CCCC2)sc1-c1ccc(Cl)c(S(C)(=O)=O)c1. The maximum atomic E-state index is 12.3. The van der Waals surface area contributed by atoms with Crippen molar-refractivity contribution in [2.24, 2.45) is 0 Å². The minimum absolute atomic E-state index is 0.0153.